The average Bonchev–Trinajstić information content (AvgIpc) is 3.31. The van der Waals surface area contributed by atoms with Gasteiger partial charge in [0.05, 0.1) is 44.8 Å². The Labute approximate surface area is 254 Å². The predicted octanol–water partition coefficient (Wildman–Crippen LogP) is 10.5. The second-order valence-corrected chi connectivity index (χ2v) is 10.5. The van der Waals surface area contributed by atoms with Gasteiger partial charge in [0.25, 0.3) is 0 Å². The molecule has 0 fully saturated rings. The summed E-state index contributed by atoms with van der Waals surface area (Å²) < 4.78 is 132. The Hall–Kier alpha value is -5.33. The van der Waals surface area contributed by atoms with Crippen molar-refractivity contribution in [3.63, 3.8) is 0 Å². The van der Waals surface area contributed by atoms with Crippen molar-refractivity contribution in [2.24, 2.45) is 0 Å². The number of rotatable bonds is 4. The van der Waals surface area contributed by atoms with Gasteiger partial charge in [-0.15, -0.1) is 0 Å². The van der Waals surface area contributed by atoms with E-state index in [2.05, 4.69) is 0 Å². The summed E-state index contributed by atoms with van der Waals surface area (Å²) >= 11 is 0. The number of halogens is 9. The van der Waals surface area contributed by atoms with Crippen molar-refractivity contribution in [3.05, 3.63) is 120 Å². The van der Waals surface area contributed by atoms with E-state index in [1.807, 2.05) is 0 Å². The Bertz CT molecular complexity index is 1990. The molecule has 0 bridgehead atoms. The Morgan fingerprint density at radius 3 is 1.35 bits per heavy atom. The standard InChI is InChI=1S/C33H21F9N4/c34-31(35,36)23-15-18(43)9-12-28(23)45(29-13-10-19(44)16-24(29)32(37,38)39)20-11-14-30(25(17-20)33(40,41)42)46-26-7-3-1-5-21(26)22-6-2-4-8-27(22)46/h1-17H,43-44H2. The topological polar surface area (TPSA) is 60.2 Å². The number of hydrogen-bond acceptors (Lipinski definition) is 3. The van der Waals surface area contributed by atoms with E-state index >= 15 is 0 Å². The van der Waals surface area contributed by atoms with Crippen LogP contribution in [0, 0.1) is 0 Å². The minimum absolute atomic E-state index is 0.359. The van der Waals surface area contributed by atoms with Crippen molar-refractivity contribution < 1.29 is 39.5 Å². The van der Waals surface area contributed by atoms with Crippen molar-refractivity contribution in [1.29, 1.82) is 0 Å². The molecule has 0 unspecified atom stereocenters. The predicted molar refractivity (Wildman–Crippen MR) is 159 cm³/mol. The minimum atomic E-state index is -5.15. The molecule has 46 heavy (non-hydrogen) atoms. The first-order valence-electron chi connectivity index (χ1n) is 13.5. The van der Waals surface area contributed by atoms with Gasteiger partial charge in [0.2, 0.25) is 0 Å². The highest BCUT2D eigenvalue weighted by Crippen LogP contribution is 2.49. The lowest BCUT2D eigenvalue weighted by Gasteiger charge is -2.31. The first-order valence-corrected chi connectivity index (χ1v) is 13.5. The molecule has 5 aromatic carbocycles. The molecule has 0 saturated heterocycles. The molecule has 4 nitrogen and oxygen atoms in total. The maximum atomic E-state index is 14.9. The molecule has 4 N–H and O–H groups in total. The van der Waals surface area contributed by atoms with E-state index in [1.54, 1.807) is 48.5 Å². The zero-order chi connectivity index (χ0) is 33.2. The highest BCUT2D eigenvalue weighted by molar-refractivity contribution is 6.09. The Morgan fingerprint density at radius 1 is 0.478 bits per heavy atom. The summed E-state index contributed by atoms with van der Waals surface area (Å²) in [5, 5.41) is 1.29. The van der Waals surface area contributed by atoms with Crippen LogP contribution in [-0.4, -0.2) is 4.57 Å². The van der Waals surface area contributed by atoms with E-state index in [0.29, 0.717) is 44.9 Å². The van der Waals surface area contributed by atoms with Crippen molar-refractivity contribution in [2.75, 3.05) is 16.4 Å². The number of fused-ring (bicyclic) bond motifs is 3. The summed E-state index contributed by atoms with van der Waals surface area (Å²) in [4.78, 5) is 0.482. The number of benzene rings is 5. The van der Waals surface area contributed by atoms with Gasteiger partial charge < -0.3 is 20.9 Å². The van der Waals surface area contributed by atoms with E-state index in [1.165, 1.54) is 4.57 Å². The zero-order valence-electron chi connectivity index (χ0n) is 23.3. The van der Waals surface area contributed by atoms with Crippen molar-refractivity contribution in [3.8, 4) is 5.69 Å². The fourth-order valence-corrected chi connectivity index (χ4v) is 5.63. The van der Waals surface area contributed by atoms with Gasteiger partial charge in [-0.3, -0.25) is 0 Å². The lowest BCUT2D eigenvalue weighted by molar-refractivity contribution is -0.138. The number of aromatic nitrogens is 1. The first-order chi connectivity index (χ1) is 21.6. The normalized spacial score (nSPS) is 12.6. The van der Waals surface area contributed by atoms with Crippen LogP contribution in [0.2, 0.25) is 0 Å². The van der Waals surface area contributed by atoms with Gasteiger partial charge in [0, 0.05) is 27.8 Å². The molecule has 0 spiro atoms. The van der Waals surface area contributed by atoms with E-state index in [0.717, 1.165) is 36.4 Å². The second kappa shape index (κ2) is 10.6. The lowest BCUT2D eigenvalue weighted by Crippen LogP contribution is -2.21. The minimum Gasteiger partial charge on any atom is -0.399 e. The second-order valence-electron chi connectivity index (χ2n) is 10.5. The highest BCUT2D eigenvalue weighted by atomic mass is 19.4. The third-order valence-electron chi connectivity index (χ3n) is 7.50. The third-order valence-corrected chi connectivity index (χ3v) is 7.50. The summed E-state index contributed by atoms with van der Waals surface area (Å²) in [6, 6.07) is 20.7. The van der Waals surface area contributed by atoms with Crippen LogP contribution in [0.5, 0.6) is 0 Å². The molecule has 13 heteroatoms. The molecule has 0 radical (unpaired) electrons. The number of nitrogens with two attached hydrogens (primary N) is 2. The number of para-hydroxylation sites is 2. The van der Waals surface area contributed by atoms with E-state index in [-0.39, 0.29) is 17.1 Å². The SMILES string of the molecule is Nc1ccc(N(c2ccc(-n3c4ccccc4c4ccccc43)c(C(F)(F)F)c2)c2ccc(N)cc2C(F)(F)F)c(C(F)(F)F)c1. The van der Waals surface area contributed by atoms with Crippen LogP contribution >= 0.6 is 0 Å². The molecule has 236 valence electrons. The van der Waals surface area contributed by atoms with Crippen LogP contribution in [0.15, 0.2) is 103 Å². The van der Waals surface area contributed by atoms with Crippen LogP contribution in [0.25, 0.3) is 27.5 Å². The summed E-state index contributed by atoms with van der Waals surface area (Å²) in [5.74, 6) is 0. The van der Waals surface area contributed by atoms with Crippen LogP contribution in [0.4, 0.5) is 68.0 Å². The Kier molecular flexibility index (Phi) is 7.10. The first kappa shape index (κ1) is 30.7. The summed E-state index contributed by atoms with van der Waals surface area (Å²) in [7, 11) is 0. The fraction of sp³-hybridized carbons (Fsp3) is 0.0909. The molecular formula is C33H21F9N4. The van der Waals surface area contributed by atoms with E-state index in [4.69, 9.17) is 11.5 Å². The number of anilines is 5. The third kappa shape index (κ3) is 5.31. The van der Waals surface area contributed by atoms with Gasteiger partial charge in [-0.05, 0) is 66.7 Å². The molecule has 6 rings (SSSR count). The quantitative estimate of drug-likeness (QED) is 0.148. The van der Waals surface area contributed by atoms with E-state index < -0.39 is 52.3 Å². The van der Waals surface area contributed by atoms with Crippen LogP contribution in [-0.2, 0) is 18.5 Å². The van der Waals surface area contributed by atoms with Crippen molar-refractivity contribution in [1.82, 2.24) is 4.57 Å². The fourth-order valence-electron chi connectivity index (χ4n) is 5.63. The van der Waals surface area contributed by atoms with Gasteiger partial charge in [-0.2, -0.15) is 39.5 Å². The van der Waals surface area contributed by atoms with Gasteiger partial charge in [0.1, 0.15) is 0 Å². The largest absolute Gasteiger partial charge is 0.418 e. The molecule has 1 heterocycles. The van der Waals surface area contributed by atoms with Crippen molar-refractivity contribution >= 4 is 50.2 Å². The summed E-state index contributed by atoms with van der Waals surface area (Å²) in [6.45, 7) is 0. The maximum Gasteiger partial charge on any atom is 0.418 e. The summed E-state index contributed by atoms with van der Waals surface area (Å²) in [6.07, 6.45) is -15.4. The number of alkyl halides is 9. The van der Waals surface area contributed by atoms with E-state index in [9.17, 15) is 39.5 Å². The molecule has 0 aliphatic heterocycles. The molecule has 0 saturated carbocycles. The Balaban J connectivity index is 1.70. The molecule has 1 aromatic heterocycles. The molecule has 0 amide bonds. The molecule has 0 aliphatic rings. The highest BCUT2D eigenvalue weighted by Gasteiger charge is 2.41. The number of nitrogen functional groups attached to an aromatic ring is 2. The molecular weight excluding hydrogens is 623 g/mol. The monoisotopic (exact) mass is 644 g/mol. The van der Waals surface area contributed by atoms with Gasteiger partial charge >= 0.3 is 18.5 Å². The number of hydrogen-bond donors (Lipinski definition) is 2. The number of nitrogens with zero attached hydrogens (tertiary/aromatic N) is 2. The Morgan fingerprint density at radius 2 is 0.913 bits per heavy atom. The van der Waals surface area contributed by atoms with Crippen LogP contribution < -0.4 is 16.4 Å². The van der Waals surface area contributed by atoms with Gasteiger partial charge in [0.15, 0.2) is 0 Å². The van der Waals surface area contributed by atoms with Crippen LogP contribution in [0.1, 0.15) is 16.7 Å². The zero-order valence-corrected chi connectivity index (χ0v) is 23.3. The summed E-state index contributed by atoms with van der Waals surface area (Å²) in [5.41, 5.74) is 4.33. The molecule has 0 atom stereocenters. The van der Waals surface area contributed by atoms with Crippen molar-refractivity contribution in [2.45, 2.75) is 18.5 Å². The van der Waals surface area contributed by atoms with Gasteiger partial charge in [-0.25, -0.2) is 0 Å². The average molecular weight is 645 g/mol. The molecule has 0 aliphatic carbocycles. The lowest BCUT2D eigenvalue weighted by atomic mass is 10.0. The smallest absolute Gasteiger partial charge is 0.399 e. The van der Waals surface area contributed by atoms with Gasteiger partial charge in [-0.1, -0.05) is 36.4 Å². The van der Waals surface area contributed by atoms with Crippen LogP contribution in [0.3, 0.4) is 0 Å². The molecule has 6 aromatic rings. The maximum absolute atomic E-state index is 14.9.